The molecule has 116 valence electrons. The second kappa shape index (κ2) is 7.22. The van der Waals surface area contributed by atoms with Crippen LogP contribution in [-0.4, -0.2) is 33.4 Å². The number of aromatic nitrogens is 3. The molecule has 2 N–H and O–H groups in total. The van der Waals surface area contributed by atoms with Crippen molar-refractivity contribution in [3.63, 3.8) is 0 Å². The van der Waals surface area contributed by atoms with Crippen LogP contribution in [-0.2, 0) is 0 Å². The highest BCUT2D eigenvalue weighted by Crippen LogP contribution is 2.19. The molecule has 23 heavy (non-hydrogen) atoms. The van der Waals surface area contributed by atoms with Crippen molar-refractivity contribution in [3.05, 3.63) is 60.8 Å². The summed E-state index contributed by atoms with van der Waals surface area (Å²) in [4.78, 5) is 4.14. The molecule has 0 bridgehead atoms. The van der Waals surface area contributed by atoms with Gasteiger partial charge in [-0.15, -0.1) is 5.10 Å². The topological polar surface area (TPSA) is 80.2 Å². The highest BCUT2D eigenvalue weighted by Gasteiger charge is 2.03. The Morgan fingerprint density at radius 3 is 2.43 bits per heavy atom. The molecule has 0 spiro atoms. The first-order valence-electron chi connectivity index (χ1n) is 7.22. The zero-order valence-electron chi connectivity index (χ0n) is 12.4. The number of aromatic hydroxyl groups is 1. The number of anilines is 1. The summed E-state index contributed by atoms with van der Waals surface area (Å²) < 4.78 is 5.45. The van der Waals surface area contributed by atoms with E-state index in [1.165, 1.54) is 0 Å². The van der Waals surface area contributed by atoms with Gasteiger partial charge in [-0.25, -0.2) is 4.98 Å². The van der Waals surface area contributed by atoms with Crippen LogP contribution in [0.25, 0.3) is 11.3 Å². The van der Waals surface area contributed by atoms with Gasteiger partial charge >= 0.3 is 6.01 Å². The van der Waals surface area contributed by atoms with Crippen LogP contribution in [0.1, 0.15) is 0 Å². The quantitative estimate of drug-likeness (QED) is 0.682. The summed E-state index contributed by atoms with van der Waals surface area (Å²) in [5, 5.41) is 20.5. The number of phenols is 1. The summed E-state index contributed by atoms with van der Waals surface area (Å²) in [5.41, 5.74) is 2.50. The van der Waals surface area contributed by atoms with Crippen LogP contribution in [0.5, 0.6) is 11.8 Å². The molecule has 2 aromatic carbocycles. The Hall–Kier alpha value is -3.15. The van der Waals surface area contributed by atoms with Crippen LogP contribution in [0.4, 0.5) is 5.69 Å². The highest BCUT2D eigenvalue weighted by molar-refractivity contribution is 5.58. The van der Waals surface area contributed by atoms with Crippen molar-refractivity contribution in [1.82, 2.24) is 15.2 Å². The molecule has 0 atom stereocenters. The van der Waals surface area contributed by atoms with Crippen molar-refractivity contribution in [1.29, 1.82) is 0 Å². The van der Waals surface area contributed by atoms with Crippen LogP contribution in [0.15, 0.2) is 60.8 Å². The van der Waals surface area contributed by atoms with Gasteiger partial charge in [0.15, 0.2) is 0 Å². The summed E-state index contributed by atoms with van der Waals surface area (Å²) >= 11 is 0. The van der Waals surface area contributed by atoms with Crippen molar-refractivity contribution in [2.75, 3.05) is 18.5 Å². The Kier molecular flexibility index (Phi) is 4.63. The van der Waals surface area contributed by atoms with Gasteiger partial charge in [-0.2, -0.15) is 0 Å². The van der Waals surface area contributed by atoms with Gasteiger partial charge in [-0.05, 0) is 36.4 Å². The number of para-hydroxylation sites is 1. The second-order valence-corrected chi connectivity index (χ2v) is 4.81. The Bertz CT molecular complexity index is 731. The molecule has 1 aromatic heterocycles. The largest absolute Gasteiger partial charge is 0.508 e. The number of phenolic OH excluding ortho intramolecular Hbond substituents is 1. The Morgan fingerprint density at radius 1 is 0.957 bits per heavy atom. The lowest BCUT2D eigenvalue weighted by molar-refractivity contribution is 0.302. The van der Waals surface area contributed by atoms with E-state index in [1.807, 2.05) is 30.3 Å². The van der Waals surface area contributed by atoms with Gasteiger partial charge in [0, 0.05) is 17.8 Å². The number of hydrogen-bond acceptors (Lipinski definition) is 6. The minimum Gasteiger partial charge on any atom is -0.508 e. The van der Waals surface area contributed by atoms with Gasteiger partial charge in [0.1, 0.15) is 18.1 Å². The summed E-state index contributed by atoms with van der Waals surface area (Å²) in [5.74, 6) is 0.209. The monoisotopic (exact) mass is 308 g/mol. The van der Waals surface area contributed by atoms with E-state index in [0.29, 0.717) is 18.8 Å². The lowest BCUT2D eigenvalue weighted by Gasteiger charge is -2.07. The van der Waals surface area contributed by atoms with Crippen LogP contribution in [0.3, 0.4) is 0 Å². The average Bonchev–Trinajstić information content (AvgIpc) is 2.61. The molecular formula is C17H16N4O2. The summed E-state index contributed by atoms with van der Waals surface area (Å²) in [6.07, 6.45) is 1.60. The molecule has 6 heteroatoms. The molecule has 0 aliphatic rings. The third kappa shape index (κ3) is 4.16. The van der Waals surface area contributed by atoms with Gasteiger partial charge in [0.2, 0.25) is 0 Å². The molecule has 0 saturated heterocycles. The average molecular weight is 308 g/mol. The van der Waals surface area contributed by atoms with Crippen molar-refractivity contribution in [2.24, 2.45) is 0 Å². The molecule has 3 rings (SSSR count). The lowest BCUT2D eigenvalue weighted by Crippen LogP contribution is -2.13. The summed E-state index contributed by atoms with van der Waals surface area (Å²) in [7, 11) is 0. The third-order valence-electron chi connectivity index (χ3n) is 3.14. The molecule has 0 radical (unpaired) electrons. The molecular weight excluding hydrogens is 292 g/mol. The molecule has 0 unspecified atom stereocenters. The van der Waals surface area contributed by atoms with E-state index in [0.717, 1.165) is 11.3 Å². The zero-order valence-corrected chi connectivity index (χ0v) is 12.4. The van der Waals surface area contributed by atoms with Gasteiger partial charge in [-0.3, -0.25) is 0 Å². The molecule has 0 fully saturated rings. The number of ether oxygens (including phenoxy) is 1. The number of benzene rings is 2. The number of rotatable bonds is 6. The minimum atomic E-state index is 0.209. The van der Waals surface area contributed by atoms with Gasteiger partial charge < -0.3 is 15.2 Å². The Balaban J connectivity index is 1.50. The molecule has 6 nitrogen and oxygen atoms in total. The van der Waals surface area contributed by atoms with E-state index in [2.05, 4.69) is 20.5 Å². The van der Waals surface area contributed by atoms with Crippen molar-refractivity contribution >= 4 is 5.69 Å². The van der Waals surface area contributed by atoms with Crippen LogP contribution < -0.4 is 10.1 Å². The fourth-order valence-corrected chi connectivity index (χ4v) is 1.99. The van der Waals surface area contributed by atoms with Crippen LogP contribution >= 0.6 is 0 Å². The van der Waals surface area contributed by atoms with E-state index < -0.39 is 0 Å². The SMILES string of the molecule is Oc1ccc(-c2cnc(OCCNc3ccccc3)nn2)cc1. The maximum atomic E-state index is 9.27. The maximum Gasteiger partial charge on any atom is 0.335 e. The third-order valence-corrected chi connectivity index (χ3v) is 3.14. The first kappa shape index (κ1) is 14.8. The predicted octanol–water partition coefficient (Wildman–Crippen LogP) is 2.74. The first-order chi connectivity index (χ1) is 11.3. The smallest absolute Gasteiger partial charge is 0.335 e. The van der Waals surface area contributed by atoms with Gasteiger partial charge in [0.05, 0.1) is 6.20 Å². The van der Waals surface area contributed by atoms with Crippen molar-refractivity contribution in [2.45, 2.75) is 0 Å². The Morgan fingerprint density at radius 2 is 1.74 bits per heavy atom. The fourth-order valence-electron chi connectivity index (χ4n) is 1.99. The van der Waals surface area contributed by atoms with Crippen molar-refractivity contribution in [3.8, 4) is 23.0 Å². The van der Waals surface area contributed by atoms with E-state index in [4.69, 9.17) is 4.74 Å². The first-order valence-corrected chi connectivity index (χ1v) is 7.22. The van der Waals surface area contributed by atoms with Gasteiger partial charge in [-0.1, -0.05) is 23.3 Å². The maximum absolute atomic E-state index is 9.27. The number of nitrogens with zero attached hydrogens (tertiary/aromatic N) is 3. The van der Waals surface area contributed by atoms with E-state index in [9.17, 15) is 5.11 Å². The summed E-state index contributed by atoms with van der Waals surface area (Å²) in [6, 6.07) is 16.8. The normalized spacial score (nSPS) is 10.3. The van der Waals surface area contributed by atoms with E-state index in [1.54, 1.807) is 30.5 Å². The summed E-state index contributed by atoms with van der Waals surface area (Å²) in [6.45, 7) is 1.09. The van der Waals surface area contributed by atoms with Gasteiger partial charge in [0.25, 0.3) is 0 Å². The number of nitrogens with one attached hydrogen (secondary N) is 1. The molecule has 0 aliphatic heterocycles. The zero-order chi connectivity index (χ0) is 15.9. The van der Waals surface area contributed by atoms with E-state index in [-0.39, 0.29) is 11.8 Å². The van der Waals surface area contributed by atoms with Crippen molar-refractivity contribution < 1.29 is 9.84 Å². The molecule has 0 aliphatic carbocycles. The molecule has 0 amide bonds. The van der Waals surface area contributed by atoms with Crippen LogP contribution in [0.2, 0.25) is 0 Å². The predicted molar refractivity (Wildman–Crippen MR) is 87.4 cm³/mol. The fraction of sp³-hybridized carbons (Fsp3) is 0.118. The van der Waals surface area contributed by atoms with E-state index >= 15 is 0 Å². The highest BCUT2D eigenvalue weighted by atomic mass is 16.5. The minimum absolute atomic E-state index is 0.209. The molecule has 0 saturated carbocycles. The second-order valence-electron chi connectivity index (χ2n) is 4.81. The molecule has 1 heterocycles. The standard InChI is InChI=1S/C17H16N4O2/c22-15-8-6-13(7-9-15)16-12-19-17(21-20-16)23-11-10-18-14-4-2-1-3-5-14/h1-9,12,18,22H,10-11H2. The van der Waals surface area contributed by atoms with Crippen LogP contribution in [0, 0.1) is 0 Å². The number of hydrogen-bond donors (Lipinski definition) is 2. The Labute approximate surface area is 133 Å². The lowest BCUT2D eigenvalue weighted by atomic mass is 10.2. The molecule has 3 aromatic rings.